The smallest absolute Gasteiger partial charge is 0.432 e. The van der Waals surface area contributed by atoms with Crippen LogP contribution in [0.25, 0.3) is 0 Å². The van der Waals surface area contributed by atoms with Crippen LogP contribution in [-0.4, -0.2) is 85.7 Å². The lowest BCUT2D eigenvalue weighted by Crippen LogP contribution is -2.49. The maximum Gasteiger partial charge on any atom is 0.533 e. The SMILES string of the molecule is CC(C)(C)C(=O)ONN(CC(=O)NCCS(=O)(=O)CCOC(=O)ON1C(=O)CCC1=O)OC(=O)C(C)(C)C. The van der Waals surface area contributed by atoms with Crippen LogP contribution in [0, 0.1) is 10.8 Å². The average molecular weight is 567 g/mol. The topological polar surface area (TPSA) is 204 Å². The van der Waals surface area contributed by atoms with E-state index in [-0.39, 0.29) is 24.4 Å². The molecule has 216 valence electrons. The monoisotopic (exact) mass is 566 g/mol. The average Bonchev–Trinajstić information content (AvgIpc) is 3.07. The van der Waals surface area contributed by atoms with Gasteiger partial charge in [0.25, 0.3) is 11.8 Å². The molecule has 0 spiro atoms. The van der Waals surface area contributed by atoms with Crippen molar-refractivity contribution in [1.82, 2.24) is 21.1 Å². The van der Waals surface area contributed by atoms with E-state index in [2.05, 4.69) is 20.5 Å². The van der Waals surface area contributed by atoms with Gasteiger partial charge in [-0.15, -0.1) is 0 Å². The summed E-state index contributed by atoms with van der Waals surface area (Å²) in [5.41, 5.74) is 0.244. The minimum atomic E-state index is -3.81. The Morgan fingerprint density at radius 3 is 2.00 bits per heavy atom. The number of rotatable bonds is 12. The Morgan fingerprint density at radius 2 is 1.47 bits per heavy atom. The van der Waals surface area contributed by atoms with Gasteiger partial charge in [-0.25, -0.2) is 22.8 Å². The molecule has 0 aliphatic carbocycles. The molecule has 0 saturated carbocycles. The Morgan fingerprint density at radius 1 is 0.921 bits per heavy atom. The third-order valence-corrected chi connectivity index (χ3v) is 6.08. The predicted molar refractivity (Wildman–Crippen MR) is 126 cm³/mol. The third kappa shape index (κ3) is 11.8. The van der Waals surface area contributed by atoms with Gasteiger partial charge in [-0.1, -0.05) is 5.06 Å². The molecule has 3 amide bonds. The number of amides is 3. The van der Waals surface area contributed by atoms with Gasteiger partial charge in [0.1, 0.15) is 13.2 Å². The molecule has 0 aromatic carbocycles. The summed E-state index contributed by atoms with van der Waals surface area (Å²) in [5.74, 6) is -4.82. The Hall–Kier alpha value is -3.31. The number of nitrogens with one attached hydrogen (secondary N) is 2. The molecule has 1 aliphatic rings. The molecule has 0 unspecified atom stereocenters. The Balaban J connectivity index is 2.50. The summed E-state index contributed by atoms with van der Waals surface area (Å²) in [6.07, 6.45) is -1.64. The fourth-order valence-corrected chi connectivity index (χ4v) is 3.17. The zero-order valence-electron chi connectivity index (χ0n) is 22.2. The second-order valence-corrected chi connectivity index (χ2v) is 12.5. The number of hydrogen-bond donors (Lipinski definition) is 2. The fraction of sp³-hybridized carbons (Fsp3) is 0.714. The van der Waals surface area contributed by atoms with Gasteiger partial charge >= 0.3 is 18.1 Å². The van der Waals surface area contributed by atoms with E-state index in [1.165, 1.54) is 0 Å². The molecule has 38 heavy (non-hydrogen) atoms. The van der Waals surface area contributed by atoms with Gasteiger partial charge < -0.3 is 19.7 Å². The van der Waals surface area contributed by atoms with E-state index >= 15 is 0 Å². The van der Waals surface area contributed by atoms with E-state index in [9.17, 15) is 37.2 Å². The van der Waals surface area contributed by atoms with E-state index < -0.39 is 81.1 Å². The van der Waals surface area contributed by atoms with Gasteiger partial charge in [0.2, 0.25) is 5.91 Å². The predicted octanol–water partition coefficient (Wildman–Crippen LogP) is -0.450. The van der Waals surface area contributed by atoms with Crippen molar-refractivity contribution in [3.05, 3.63) is 0 Å². The van der Waals surface area contributed by atoms with Crippen LogP contribution < -0.4 is 10.9 Å². The molecule has 0 bridgehead atoms. The number of hydroxylamine groups is 3. The molecule has 1 aliphatic heterocycles. The molecule has 0 aromatic heterocycles. The van der Waals surface area contributed by atoms with E-state index in [1.54, 1.807) is 41.5 Å². The van der Waals surface area contributed by atoms with Crippen molar-refractivity contribution in [2.45, 2.75) is 54.4 Å². The van der Waals surface area contributed by atoms with E-state index in [0.29, 0.717) is 5.17 Å². The molecule has 1 heterocycles. The van der Waals surface area contributed by atoms with Crippen LogP contribution in [0.3, 0.4) is 0 Å². The quantitative estimate of drug-likeness (QED) is 0.174. The van der Waals surface area contributed by atoms with Crippen molar-refractivity contribution in [3.63, 3.8) is 0 Å². The maximum atomic E-state index is 12.3. The van der Waals surface area contributed by atoms with Gasteiger partial charge in [0.15, 0.2) is 9.84 Å². The zero-order valence-corrected chi connectivity index (χ0v) is 23.0. The van der Waals surface area contributed by atoms with E-state index in [4.69, 9.17) is 9.68 Å². The molecule has 1 rings (SSSR count). The van der Waals surface area contributed by atoms with Gasteiger partial charge in [-0.05, 0) is 52.3 Å². The van der Waals surface area contributed by atoms with Crippen molar-refractivity contribution in [3.8, 4) is 0 Å². The Labute approximate surface area is 220 Å². The third-order valence-electron chi connectivity index (χ3n) is 4.47. The highest BCUT2D eigenvalue weighted by atomic mass is 32.2. The first-order valence-electron chi connectivity index (χ1n) is 11.5. The summed E-state index contributed by atoms with van der Waals surface area (Å²) in [6.45, 7) is 7.83. The molecule has 0 atom stereocenters. The lowest BCUT2D eigenvalue weighted by atomic mass is 9.98. The molecule has 1 saturated heterocycles. The molecular weight excluding hydrogens is 532 g/mol. The number of hydrazine groups is 1. The second kappa shape index (κ2) is 13.5. The first kappa shape index (κ1) is 32.7. The van der Waals surface area contributed by atoms with E-state index in [0.717, 1.165) is 0 Å². The number of imide groups is 1. The van der Waals surface area contributed by atoms with E-state index in [1.807, 2.05) is 0 Å². The van der Waals surface area contributed by atoms with Gasteiger partial charge in [-0.2, -0.15) is 0 Å². The lowest BCUT2D eigenvalue weighted by Gasteiger charge is -2.25. The minimum absolute atomic E-state index is 0.110. The highest BCUT2D eigenvalue weighted by Gasteiger charge is 2.33. The largest absolute Gasteiger partial charge is 0.533 e. The summed E-state index contributed by atoms with van der Waals surface area (Å²) >= 11 is 0. The molecular formula is C21H34N4O12S. The van der Waals surface area contributed by atoms with Crippen molar-refractivity contribution < 1.29 is 56.4 Å². The number of nitrogens with zero attached hydrogens (tertiary/aromatic N) is 2. The molecule has 17 heteroatoms. The first-order chi connectivity index (χ1) is 17.3. The molecule has 0 aromatic rings. The van der Waals surface area contributed by atoms with Crippen LogP contribution >= 0.6 is 0 Å². The van der Waals surface area contributed by atoms with Crippen LogP contribution in [0.2, 0.25) is 0 Å². The molecule has 16 nitrogen and oxygen atoms in total. The summed E-state index contributed by atoms with van der Waals surface area (Å²) in [6, 6.07) is 0. The van der Waals surface area contributed by atoms with Gasteiger partial charge in [0, 0.05) is 19.4 Å². The number of hydrogen-bond acceptors (Lipinski definition) is 14. The summed E-state index contributed by atoms with van der Waals surface area (Å²) in [4.78, 5) is 85.1. The summed E-state index contributed by atoms with van der Waals surface area (Å²) in [5, 5.41) is 3.16. The van der Waals surface area contributed by atoms with Gasteiger partial charge in [0.05, 0.1) is 22.3 Å². The number of ether oxygens (including phenoxy) is 1. The van der Waals surface area contributed by atoms with Crippen LogP contribution in [-0.2, 0) is 53.1 Å². The van der Waals surface area contributed by atoms with Crippen LogP contribution in [0.5, 0.6) is 0 Å². The summed E-state index contributed by atoms with van der Waals surface area (Å²) in [7, 11) is -3.81. The zero-order chi connectivity index (χ0) is 29.3. The van der Waals surface area contributed by atoms with Crippen molar-refractivity contribution in [2.24, 2.45) is 10.8 Å². The second-order valence-electron chi connectivity index (χ2n) is 10.2. The highest BCUT2D eigenvalue weighted by Crippen LogP contribution is 2.17. The Kier molecular flexibility index (Phi) is 11.6. The van der Waals surface area contributed by atoms with Crippen LogP contribution in [0.4, 0.5) is 4.79 Å². The number of carbonyl (C=O) groups excluding carboxylic acids is 6. The van der Waals surface area contributed by atoms with Crippen LogP contribution in [0.15, 0.2) is 0 Å². The first-order valence-corrected chi connectivity index (χ1v) is 13.3. The number of carbonyl (C=O) groups is 6. The van der Waals surface area contributed by atoms with Crippen molar-refractivity contribution in [1.29, 1.82) is 0 Å². The van der Waals surface area contributed by atoms with Crippen LogP contribution in [0.1, 0.15) is 54.4 Å². The van der Waals surface area contributed by atoms with Crippen molar-refractivity contribution >= 4 is 45.7 Å². The standard InChI is InChI=1S/C21H34N4O12S/c1-20(2,3)17(29)35-23-24(36-18(30)21(4,5)6)13-14(26)22-9-11-38(32,33)12-10-34-19(31)37-25-15(27)7-8-16(25)28/h23H,7-13H2,1-6H3,(H,22,26). The molecule has 0 radical (unpaired) electrons. The molecule has 2 N–H and O–H groups in total. The van der Waals surface area contributed by atoms with Gasteiger partial charge in [-0.3, -0.25) is 19.2 Å². The minimum Gasteiger partial charge on any atom is -0.432 e. The normalized spacial score (nSPS) is 14.3. The highest BCUT2D eigenvalue weighted by molar-refractivity contribution is 7.91. The van der Waals surface area contributed by atoms with Crippen molar-refractivity contribution in [2.75, 3.05) is 31.2 Å². The maximum absolute atomic E-state index is 12.3. The number of sulfone groups is 1. The fourth-order valence-electron chi connectivity index (χ4n) is 2.21. The molecule has 1 fully saturated rings. The lowest BCUT2D eigenvalue weighted by molar-refractivity contribution is -0.261. The summed E-state index contributed by atoms with van der Waals surface area (Å²) < 4.78 is 28.9. The Bertz CT molecular complexity index is 1010.